The average Bonchev–Trinajstić information content (AvgIpc) is 3.09. The maximum atomic E-state index is 5.71. The third-order valence-electron chi connectivity index (χ3n) is 8.13. The van der Waals surface area contributed by atoms with E-state index in [0.717, 1.165) is 62.8 Å². The van der Waals surface area contributed by atoms with Crippen molar-refractivity contribution in [3.63, 3.8) is 0 Å². The zero-order chi connectivity index (χ0) is 32.0. The van der Waals surface area contributed by atoms with Gasteiger partial charge in [-0.2, -0.15) is 0 Å². The maximum absolute atomic E-state index is 5.71. The summed E-state index contributed by atoms with van der Waals surface area (Å²) < 4.78 is 32.5. The van der Waals surface area contributed by atoms with Gasteiger partial charge in [0.25, 0.3) is 0 Å². The molecule has 0 radical (unpaired) electrons. The summed E-state index contributed by atoms with van der Waals surface area (Å²) in [7, 11) is 5.03. The lowest BCUT2D eigenvalue weighted by Crippen LogP contribution is -2.13. The van der Waals surface area contributed by atoms with Gasteiger partial charge in [0.15, 0.2) is 0 Å². The van der Waals surface area contributed by atoms with Crippen molar-refractivity contribution in [3.8, 4) is 17.2 Å². The predicted octanol–water partition coefficient (Wildman–Crippen LogP) is 9.31. The molecule has 45 heavy (non-hydrogen) atoms. The van der Waals surface area contributed by atoms with Gasteiger partial charge in [0, 0.05) is 0 Å². The lowest BCUT2D eigenvalue weighted by atomic mass is 9.98. The topological polar surface area (TPSA) is 55.4 Å². The van der Waals surface area contributed by atoms with E-state index in [1.54, 1.807) is 21.3 Å². The van der Waals surface area contributed by atoms with Crippen LogP contribution >= 0.6 is 0 Å². The Kier molecular flexibility index (Phi) is 13.3. The van der Waals surface area contributed by atoms with Gasteiger partial charge in [-0.15, -0.1) is 0 Å². The largest absolute Gasteiger partial charge is 0.497 e. The predicted molar refractivity (Wildman–Crippen MR) is 180 cm³/mol. The van der Waals surface area contributed by atoms with E-state index in [4.69, 9.17) is 28.4 Å². The zero-order valence-electron chi connectivity index (χ0n) is 27.4. The number of benzene rings is 3. The first-order valence-electron chi connectivity index (χ1n) is 15.6. The Bertz CT molecular complexity index is 1340. The van der Waals surface area contributed by atoms with E-state index in [1.807, 2.05) is 36.4 Å². The minimum atomic E-state index is 0.115. The fraction of sp³-hybridized carbons (Fsp3) is 0.385. The van der Waals surface area contributed by atoms with E-state index in [-0.39, 0.29) is 18.3 Å². The second-order valence-corrected chi connectivity index (χ2v) is 11.5. The molecule has 0 N–H and O–H groups in total. The Morgan fingerprint density at radius 3 is 1.53 bits per heavy atom. The van der Waals surface area contributed by atoms with Gasteiger partial charge in [-0.3, -0.25) is 0 Å². The molecule has 0 amide bonds. The molecule has 0 aromatic heterocycles. The highest BCUT2D eigenvalue weighted by atomic mass is 16.5. The maximum Gasteiger partial charge on any atom is 0.118 e. The van der Waals surface area contributed by atoms with Crippen molar-refractivity contribution < 1.29 is 28.4 Å². The summed E-state index contributed by atoms with van der Waals surface area (Å²) in [6.45, 7) is 10.7. The highest BCUT2D eigenvalue weighted by Crippen LogP contribution is 2.32. The van der Waals surface area contributed by atoms with Crippen LogP contribution in [-0.2, 0) is 14.2 Å². The molecule has 3 aromatic carbocycles. The van der Waals surface area contributed by atoms with Crippen LogP contribution in [0.2, 0.25) is 0 Å². The molecular formula is C39H48O6. The molecule has 6 heteroatoms. The van der Waals surface area contributed by atoms with E-state index in [2.05, 4.69) is 69.0 Å². The first kappa shape index (κ1) is 34.0. The molecule has 3 heterocycles. The second kappa shape index (κ2) is 17.6. The van der Waals surface area contributed by atoms with Gasteiger partial charge in [0.1, 0.15) is 23.4 Å². The quantitative estimate of drug-likeness (QED) is 0.259. The van der Waals surface area contributed by atoms with Crippen LogP contribution in [0, 0.1) is 0 Å². The number of hydrogen-bond donors (Lipinski definition) is 0. The molecule has 6 rings (SSSR count). The van der Waals surface area contributed by atoms with Crippen molar-refractivity contribution in [2.75, 3.05) is 41.2 Å². The van der Waals surface area contributed by atoms with Gasteiger partial charge >= 0.3 is 0 Å². The summed E-state index contributed by atoms with van der Waals surface area (Å²) in [4.78, 5) is 0. The van der Waals surface area contributed by atoms with Crippen LogP contribution in [-0.4, -0.2) is 41.2 Å². The molecule has 1 fully saturated rings. The van der Waals surface area contributed by atoms with Crippen LogP contribution < -0.4 is 14.2 Å². The summed E-state index contributed by atoms with van der Waals surface area (Å²) >= 11 is 0. The molecule has 3 aliphatic rings. The SMILES string of the molecule is C=C1CCOC(c2ccc(OC)cc2)C1.COc1ccc(C2C=C(C)CCO2)cc1.COc1ccc(C2CC(C)=CCO2)cc1. The van der Waals surface area contributed by atoms with Crippen LogP contribution in [0.25, 0.3) is 0 Å². The molecule has 3 aromatic rings. The van der Waals surface area contributed by atoms with Crippen molar-refractivity contribution in [3.05, 3.63) is 125 Å². The Labute approximate surface area is 269 Å². The summed E-state index contributed by atoms with van der Waals surface area (Å²) in [5.41, 5.74) is 7.71. The van der Waals surface area contributed by atoms with Crippen LogP contribution in [0.4, 0.5) is 0 Å². The smallest absolute Gasteiger partial charge is 0.118 e. The van der Waals surface area contributed by atoms with Gasteiger partial charge in [0.05, 0.1) is 53.4 Å². The number of rotatable bonds is 6. The third kappa shape index (κ3) is 10.6. The number of methoxy groups -OCH3 is 3. The molecular weight excluding hydrogens is 564 g/mol. The van der Waals surface area contributed by atoms with Crippen LogP contribution in [0.15, 0.2) is 108 Å². The van der Waals surface area contributed by atoms with Gasteiger partial charge < -0.3 is 28.4 Å². The number of ether oxygens (including phenoxy) is 6. The molecule has 240 valence electrons. The van der Waals surface area contributed by atoms with Gasteiger partial charge in [-0.1, -0.05) is 71.8 Å². The van der Waals surface area contributed by atoms with Crippen LogP contribution in [0.3, 0.4) is 0 Å². The van der Waals surface area contributed by atoms with Crippen molar-refractivity contribution >= 4 is 0 Å². The monoisotopic (exact) mass is 612 g/mol. The molecule has 3 atom stereocenters. The second-order valence-electron chi connectivity index (χ2n) is 11.5. The normalized spacial score (nSPS) is 21.1. The minimum Gasteiger partial charge on any atom is -0.497 e. The first-order chi connectivity index (χ1) is 21.9. The Balaban J connectivity index is 0.000000154. The summed E-state index contributed by atoms with van der Waals surface area (Å²) in [5.74, 6) is 2.66. The van der Waals surface area contributed by atoms with Gasteiger partial charge in [-0.25, -0.2) is 0 Å². The fourth-order valence-electron chi connectivity index (χ4n) is 5.30. The van der Waals surface area contributed by atoms with E-state index in [0.29, 0.717) is 0 Å². The van der Waals surface area contributed by atoms with Crippen LogP contribution in [0.5, 0.6) is 17.2 Å². The van der Waals surface area contributed by atoms with E-state index in [9.17, 15) is 0 Å². The number of hydrogen-bond acceptors (Lipinski definition) is 6. The van der Waals surface area contributed by atoms with E-state index < -0.39 is 0 Å². The molecule has 6 nitrogen and oxygen atoms in total. The average molecular weight is 613 g/mol. The van der Waals surface area contributed by atoms with E-state index in [1.165, 1.54) is 33.4 Å². The third-order valence-corrected chi connectivity index (χ3v) is 8.13. The molecule has 0 saturated carbocycles. The molecule has 3 aliphatic heterocycles. The Hall–Kier alpha value is -3.84. The Morgan fingerprint density at radius 1 is 0.578 bits per heavy atom. The molecule has 1 saturated heterocycles. The lowest BCUT2D eigenvalue weighted by molar-refractivity contribution is 0.0352. The van der Waals surface area contributed by atoms with Crippen LogP contribution in [0.1, 0.15) is 74.5 Å². The lowest BCUT2D eigenvalue weighted by Gasteiger charge is -2.24. The van der Waals surface area contributed by atoms with Crippen molar-refractivity contribution in [2.45, 2.75) is 57.8 Å². The van der Waals surface area contributed by atoms with Crippen molar-refractivity contribution in [2.24, 2.45) is 0 Å². The summed E-state index contributed by atoms with van der Waals surface area (Å²) in [6, 6.07) is 24.2. The van der Waals surface area contributed by atoms with Gasteiger partial charge in [0.2, 0.25) is 0 Å². The zero-order valence-corrected chi connectivity index (χ0v) is 27.4. The molecule has 0 bridgehead atoms. The molecule has 0 spiro atoms. The fourth-order valence-corrected chi connectivity index (χ4v) is 5.30. The molecule has 0 aliphatic carbocycles. The highest BCUT2D eigenvalue weighted by Gasteiger charge is 2.18. The van der Waals surface area contributed by atoms with Gasteiger partial charge in [-0.05, 0) is 92.6 Å². The minimum absolute atomic E-state index is 0.115. The Morgan fingerprint density at radius 2 is 1.07 bits per heavy atom. The highest BCUT2D eigenvalue weighted by molar-refractivity contribution is 5.32. The first-order valence-corrected chi connectivity index (χ1v) is 15.6. The standard InChI is InChI=1S/3C13H16O2/c3*1-10-7-8-15-13(9-10)11-3-5-12(14-2)6-4-11/h3-6,9,13H,7-8H2,1-2H3;3-7,13H,8-9H2,1-2H3;3-6,13H,1,7-9H2,2H3. The molecule has 3 unspecified atom stereocenters. The summed E-state index contributed by atoms with van der Waals surface area (Å²) in [6.07, 6.45) is 8.80. The summed E-state index contributed by atoms with van der Waals surface area (Å²) in [5, 5.41) is 0. The van der Waals surface area contributed by atoms with Crippen molar-refractivity contribution in [1.29, 1.82) is 0 Å². The van der Waals surface area contributed by atoms with E-state index >= 15 is 0 Å². The van der Waals surface area contributed by atoms with Crippen molar-refractivity contribution in [1.82, 2.24) is 0 Å².